The van der Waals surface area contributed by atoms with Crippen LogP contribution in [0.15, 0.2) is 12.4 Å². The van der Waals surface area contributed by atoms with Crippen molar-refractivity contribution in [2.75, 3.05) is 0 Å². The smallest absolute Gasteiger partial charge is 0.185 e. The summed E-state index contributed by atoms with van der Waals surface area (Å²) in [5.74, 6) is 0.429. The minimum absolute atomic E-state index is 0.429. The van der Waals surface area contributed by atoms with Gasteiger partial charge >= 0.3 is 0 Å². The van der Waals surface area contributed by atoms with E-state index in [2.05, 4.69) is 14.6 Å². The average Bonchev–Trinajstić information content (AvgIpc) is 2.77. The van der Waals surface area contributed by atoms with Gasteiger partial charge in [-0.3, -0.25) is 4.79 Å². The first-order valence-electron chi connectivity index (χ1n) is 4.05. The van der Waals surface area contributed by atoms with E-state index in [4.69, 9.17) is 0 Å². The van der Waals surface area contributed by atoms with E-state index in [-0.39, 0.29) is 0 Å². The summed E-state index contributed by atoms with van der Waals surface area (Å²) in [6.07, 6.45) is 4.11. The molecule has 14 heavy (non-hydrogen) atoms. The van der Waals surface area contributed by atoms with E-state index < -0.39 is 0 Å². The quantitative estimate of drug-likeness (QED) is 0.703. The molecule has 0 fully saturated rings. The maximum atomic E-state index is 10.6. The Labute approximate surface area is 84.6 Å². The van der Waals surface area contributed by atoms with Crippen LogP contribution in [-0.2, 0) is 6.54 Å². The molecule has 0 bridgehead atoms. The van der Waals surface area contributed by atoms with Crippen LogP contribution in [0.1, 0.15) is 21.2 Å². The number of nitrogens with zero attached hydrogens (tertiary/aromatic N) is 4. The highest BCUT2D eigenvalue weighted by Crippen LogP contribution is 2.11. The number of imidazole rings is 1. The molecule has 0 spiro atoms. The lowest BCUT2D eigenvalue weighted by molar-refractivity contribution is 0.111. The van der Waals surface area contributed by atoms with E-state index in [9.17, 15) is 4.79 Å². The highest BCUT2D eigenvalue weighted by molar-refractivity contribution is 7.05. The van der Waals surface area contributed by atoms with E-state index in [0.29, 0.717) is 12.4 Å². The summed E-state index contributed by atoms with van der Waals surface area (Å²) >= 11 is 1.34. The average molecular weight is 208 g/mol. The SMILES string of the molecule is Cc1nnsc1Cn1ccnc1C=O. The molecule has 6 heteroatoms. The molecule has 0 N–H and O–H groups in total. The van der Waals surface area contributed by atoms with Gasteiger partial charge in [-0.15, -0.1) is 5.10 Å². The third-order valence-corrected chi connectivity index (χ3v) is 2.72. The normalized spacial score (nSPS) is 10.4. The van der Waals surface area contributed by atoms with Crippen molar-refractivity contribution < 1.29 is 4.79 Å². The molecule has 0 atom stereocenters. The van der Waals surface area contributed by atoms with Crippen molar-refractivity contribution in [1.29, 1.82) is 0 Å². The topological polar surface area (TPSA) is 60.7 Å². The van der Waals surface area contributed by atoms with Gasteiger partial charge in [0.15, 0.2) is 12.1 Å². The molecule has 2 aromatic heterocycles. The number of hydrogen-bond acceptors (Lipinski definition) is 5. The van der Waals surface area contributed by atoms with Crippen LogP contribution >= 0.6 is 11.5 Å². The number of aldehydes is 1. The van der Waals surface area contributed by atoms with E-state index in [1.165, 1.54) is 11.5 Å². The van der Waals surface area contributed by atoms with Crippen LogP contribution in [0.5, 0.6) is 0 Å². The maximum absolute atomic E-state index is 10.6. The summed E-state index contributed by atoms with van der Waals surface area (Å²) in [7, 11) is 0. The van der Waals surface area contributed by atoms with Crippen molar-refractivity contribution in [2.45, 2.75) is 13.5 Å². The van der Waals surface area contributed by atoms with Gasteiger partial charge in [0.25, 0.3) is 0 Å². The zero-order valence-corrected chi connectivity index (χ0v) is 8.36. The fraction of sp³-hybridized carbons (Fsp3) is 0.250. The number of carbonyl (C=O) groups is 1. The lowest BCUT2D eigenvalue weighted by Gasteiger charge is -2.00. The van der Waals surface area contributed by atoms with Crippen LogP contribution < -0.4 is 0 Å². The minimum Gasteiger partial charge on any atom is -0.323 e. The number of aromatic nitrogens is 4. The van der Waals surface area contributed by atoms with E-state index in [0.717, 1.165) is 16.9 Å². The highest BCUT2D eigenvalue weighted by Gasteiger charge is 2.06. The zero-order valence-electron chi connectivity index (χ0n) is 7.54. The summed E-state index contributed by atoms with van der Waals surface area (Å²) < 4.78 is 5.60. The molecule has 2 aromatic rings. The van der Waals surface area contributed by atoms with E-state index in [1.807, 2.05) is 6.92 Å². The Kier molecular flexibility index (Phi) is 2.36. The molecule has 0 radical (unpaired) electrons. The van der Waals surface area contributed by atoms with Gasteiger partial charge in [-0.25, -0.2) is 4.98 Å². The molecule has 2 rings (SSSR count). The number of aryl methyl sites for hydroxylation is 1. The summed E-state index contributed by atoms with van der Waals surface area (Å²) in [4.78, 5) is 15.5. The predicted octanol–water partition coefficient (Wildman–Crippen LogP) is 0.904. The van der Waals surface area contributed by atoms with Crippen LogP contribution in [0.4, 0.5) is 0 Å². The zero-order chi connectivity index (χ0) is 9.97. The van der Waals surface area contributed by atoms with Crippen LogP contribution in [0.2, 0.25) is 0 Å². The molecule has 72 valence electrons. The van der Waals surface area contributed by atoms with Crippen LogP contribution in [0, 0.1) is 6.92 Å². The second-order valence-electron chi connectivity index (χ2n) is 2.81. The Balaban J connectivity index is 2.27. The maximum Gasteiger partial charge on any atom is 0.185 e. The molecule has 0 aliphatic rings. The van der Waals surface area contributed by atoms with Gasteiger partial charge in [-0.1, -0.05) is 4.49 Å². The molecule has 0 aliphatic carbocycles. The van der Waals surface area contributed by atoms with Crippen molar-refractivity contribution in [3.05, 3.63) is 28.8 Å². The molecule has 0 saturated heterocycles. The lowest BCUT2D eigenvalue weighted by atomic mass is 10.4. The van der Waals surface area contributed by atoms with Gasteiger partial charge < -0.3 is 4.57 Å². The first-order valence-corrected chi connectivity index (χ1v) is 4.82. The van der Waals surface area contributed by atoms with Gasteiger partial charge in [0.1, 0.15) is 0 Å². The molecular weight excluding hydrogens is 200 g/mol. The van der Waals surface area contributed by atoms with Crippen LogP contribution in [-0.4, -0.2) is 25.4 Å². The van der Waals surface area contributed by atoms with Crippen LogP contribution in [0.3, 0.4) is 0 Å². The first-order chi connectivity index (χ1) is 6.81. The fourth-order valence-electron chi connectivity index (χ4n) is 1.12. The van der Waals surface area contributed by atoms with Gasteiger partial charge in [-0.2, -0.15) is 0 Å². The number of hydrogen-bond donors (Lipinski definition) is 0. The summed E-state index contributed by atoms with van der Waals surface area (Å²) in [5, 5.41) is 3.90. The van der Waals surface area contributed by atoms with Crippen LogP contribution in [0.25, 0.3) is 0 Å². The Morgan fingerprint density at radius 1 is 1.64 bits per heavy atom. The standard InChI is InChI=1S/C8H8N4OS/c1-6-7(14-11-10-6)4-12-3-2-9-8(12)5-13/h2-3,5H,4H2,1H3. The molecule has 0 aromatic carbocycles. The largest absolute Gasteiger partial charge is 0.323 e. The minimum atomic E-state index is 0.429. The van der Waals surface area contributed by atoms with Gasteiger partial charge in [0.2, 0.25) is 0 Å². The lowest BCUT2D eigenvalue weighted by Crippen LogP contribution is -2.02. The molecular formula is C8H8N4OS. The van der Waals surface area contributed by atoms with E-state index >= 15 is 0 Å². The van der Waals surface area contributed by atoms with Gasteiger partial charge in [0.05, 0.1) is 17.1 Å². The van der Waals surface area contributed by atoms with Crippen molar-refractivity contribution in [3.8, 4) is 0 Å². The first kappa shape index (κ1) is 9.01. The molecule has 2 heterocycles. The summed E-state index contributed by atoms with van der Waals surface area (Å²) in [6.45, 7) is 2.51. The summed E-state index contributed by atoms with van der Waals surface area (Å²) in [6, 6.07) is 0. The molecule has 0 saturated carbocycles. The Morgan fingerprint density at radius 2 is 2.50 bits per heavy atom. The highest BCUT2D eigenvalue weighted by atomic mass is 32.1. The molecule has 0 unspecified atom stereocenters. The third kappa shape index (κ3) is 1.56. The molecule has 0 amide bonds. The monoisotopic (exact) mass is 208 g/mol. The van der Waals surface area contributed by atoms with Crippen molar-refractivity contribution in [2.24, 2.45) is 0 Å². The Morgan fingerprint density at radius 3 is 3.14 bits per heavy atom. The second kappa shape index (κ2) is 3.67. The predicted molar refractivity (Wildman–Crippen MR) is 51.4 cm³/mol. The number of rotatable bonds is 3. The van der Waals surface area contributed by atoms with Crippen molar-refractivity contribution in [3.63, 3.8) is 0 Å². The van der Waals surface area contributed by atoms with E-state index in [1.54, 1.807) is 17.0 Å². The summed E-state index contributed by atoms with van der Waals surface area (Å²) in [5.41, 5.74) is 0.903. The third-order valence-electron chi connectivity index (χ3n) is 1.91. The second-order valence-corrected chi connectivity index (χ2v) is 3.65. The van der Waals surface area contributed by atoms with Crippen molar-refractivity contribution in [1.82, 2.24) is 19.1 Å². The molecule has 0 aliphatic heterocycles. The van der Waals surface area contributed by atoms with Gasteiger partial charge in [-0.05, 0) is 18.5 Å². The van der Waals surface area contributed by atoms with Gasteiger partial charge in [0, 0.05) is 12.4 Å². The fourth-order valence-corrected chi connectivity index (χ4v) is 1.75. The Hall–Kier alpha value is -1.56. The molecule has 5 nitrogen and oxygen atoms in total. The Bertz CT molecular complexity index is 448. The number of carbonyl (C=O) groups excluding carboxylic acids is 1. The van der Waals surface area contributed by atoms with Crippen molar-refractivity contribution >= 4 is 17.8 Å².